The van der Waals surface area contributed by atoms with Gasteiger partial charge in [0, 0.05) is 45.8 Å². The summed E-state index contributed by atoms with van der Waals surface area (Å²) in [4.78, 5) is 19.0. The van der Waals surface area contributed by atoms with Crippen LogP contribution < -0.4 is 9.47 Å². The number of hydrogen-bond acceptors (Lipinski definition) is 4. The van der Waals surface area contributed by atoms with Crippen molar-refractivity contribution in [2.24, 2.45) is 0 Å². The molecule has 4 nitrogen and oxygen atoms in total. The van der Waals surface area contributed by atoms with Crippen molar-refractivity contribution in [3.05, 3.63) is 197 Å². The zero-order valence-corrected chi connectivity index (χ0v) is 25.3. The quantitative estimate of drug-likeness (QED) is 0.187. The summed E-state index contributed by atoms with van der Waals surface area (Å²) in [5.74, 6) is 2.80. The lowest BCUT2D eigenvalue weighted by Gasteiger charge is -2.44. The van der Waals surface area contributed by atoms with E-state index in [1.807, 2.05) is 115 Å². The summed E-state index contributed by atoms with van der Waals surface area (Å²) in [6.45, 7) is 0. The van der Waals surface area contributed by atoms with Gasteiger partial charge in [-0.05, 0) is 64.7 Å². The summed E-state index contributed by atoms with van der Waals surface area (Å²) in [7, 11) is 0. The first-order valence-electron chi connectivity index (χ1n) is 15.6. The molecular weight excluding hydrogens is 578 g/mol. The fourth-order valence-electron chi connectivity index (χ4n) is 7.17. The predicted octanol–water partition coefficient (Wildman–Crippen LogP) is 10.2. The molecule has 0 amide bonds. The topological polar surface area (TPSA) is 48.4 Å². The molecule has 0 aliphatic carbocycles. The fourth-order valence-corrected chi connectivity index (χ4v) is 7.17. The largest absolute Gasteiger partial charge is 0.457 e. The Bertz CT molecular complexity index is 2210. The highest BCUT2D eigenvalue weighted by atomic mass is 16.5. The van der Waals surface area contributed by atoms with Crippen LogP contribution in [0.25, 0.3) is 22.3 Å². The van der Waals surface area contributed by atoms with Crippen molar-refractivity contribution >= 4 is 5.78 Å². The summed E-state index contributed by atoms with van der Waals surface area (Å²) < 4.78 is 13.0. The fraction of sp³-hybridized carbons (Fsp3) is 0.0233. The summed E-state index contributed by atoms with van der Waals surface area (Å²) in [5.41, 5.74) is 8.35. The molecule has 0 bridgehead atoms. The van der Waals surface area contributed by atoms with Crippen LogP contribution in [0.5, 0.6) is 23.0 Å². The van der Waals surface area contributed by atoms with E-state index < -0.39 is 5.41 Å². The number of hydrogen-bond donors (Lipinski definition) is 0. The van der Waals surface area contributed by atoms with Gasteiger partial charge in [-0.15, -0.1) is 0 Å². The number of carbonyl (C=O) groups is 1. The van der Waals surface area contributed by atoms with E-state index in [1.165, 1.54) is 0 Å². The molecular formula is C43H27NO3. The van der Waals surface area contributed by atoms with Crippen LogP contribution in [0, 0.1) is 0 Å². The van der Waals surface area contributed by atoms with Gasteiger partial charge in [-0.3, -0.25) is 9.78 Å². The standard InChI is InChI=1S/C43H27NO3/c45-42(33-24-31(28-11-3-1-4-12-28)23-32(25-33)29-13-5-2-6-14-29)30-19-20-36-41(26-30)47-40-21-22-44-27-37(40)43(36)34-15-7-9-17-38(34)46-39-18-10-8-16-35(39)43/h1-27H. The number of aromatic nitrogens is 1. The number of carbonyl (C=O) groups excluding carboxylic acids is 1. The molecule has 0 fully saturated rings. The van der Waals surface area contributed by atoms with Gasteiger partial charge in [-0.25, -0.2) is 0 Å². The Labute approximate surface area is 272 Å². The molecule has 2 aliphatic heterocycles. The Morgan fingerprint density at radius 2 is 0.979 bits per heavy atom. The average Bonchev–Trinajstić information content (AvgIpc) is 3.14. The second-order valence-corrected chi connectivity index (χ2v) is 11.9. The molecule has 47 heavy (non-hydrogen) atoms. The van der Waals surface area contributed by atoms with E-state index in [2.05, 4.69) is 47.4 Å². The van der Waals surface area contributed by atoms with E-state index >= 15 is 0 Å². The van der Waals surface area contributed by atoms with Crippen molar-refractivity contribution in [1.82, 2.24) is 4.98 Å². The van der Waals surface area contributed by atoms with Gasteiger partial charge in [0.05, 0.1) is 5.41 Å². The van der Waals surface area contributed by atoms with Crippen molar-refractivity contribution in [1.29, 1.82) is 0 Å². The molecule has 3 heterocycles. The maximum atomic E-state index is 14.4. The predicted molar refractivity (Wildman–Crippen MR) is 183 cm³/mol. The third kappa shape index (κ3) is 4.23. The highest BCUT2D eigenvalue weighted by Gasteiger charge is 2.50. The van der Waals surface area contributed by atoms with Crippen molar-refractivity contribution in [3.8, 4) is 45.3 Å². The highest BCUT2D eigenvalue weighted by Crippen LogP contribution is 2.61. The second-order valence-electron chi connectivity index (χ2n) is 11.9. The third-order valence-electron chi connectivity index (χ3n) is 9.26. The minimum atomic E-state index is -0.752. The number of ether oxygens (including phenoxy) is 2. The van der Waals surface area contributed by atoms with Crippen molar-refractivity contribution in [3.63, 3.8) is 0 Å². The Morgan fingerprint density at radius 1 is 0.447 bits per heavy atom. The van der Waals surface area contributed by atoms with Gasteiger partial charge >= 0.3 is 0 Å². The lowest BCUT2D eigenvalue weighted by Crippen LogP contribution is -2.37. The summed E-state index contributed by atoms with van der Waals surface area (Å²) >= 11 is 0. The summed E-state index contributed by atoms with van der Waals surface area (Å²) in [6, 6.07) is 50.5. The van der Waals surface area contributed by atoms with Crippen molar-refractivity contribution in [2.75, 3.05) is 0 Å². The monoisotopic (exact) mass is 605 g/mol. The molecule has 6 aromatic carbocycles. The van der Waals surface area contributed by atoms with Crippen molar-refractivity contribution in [2.45, 2.75) is 5.41 Å². The first-order valence-corrected chi connectivity index (χ1v) is 15.6. The van der Waals surface area contributed by atoms with Crippen LogP contribution in [0.3, 0.4) is 0 Å². The van der Waals surface area contributed by atoms with E-state index in [-0.39, 0.29) is 5.78 Å². The SMILES string of the molecule is O=C(c1cc(-c2ccccc2)cc(-c2ccccc2)c1)c1ccc2c(c1)Oc1ccncc1C21c2ccccc2Oc2ccccc21. The minimum absolute atomic E-state index is 0.0753. The van der Waals surface area contributed by atoms with Crippen LogP contribution in [0.1, 0.15) is 38.2 Å². The van der Waals surface area contributed by atoms with Crippen molar-refractivity contribution < 1.29 is 14.3 Å². The molecule has 0 N–H and O–H groups in total. The molecule has 0 atom stereocenters. The third-order valence-corrected chi connectivity index (χ3v) is 9.26. The first kappa shape index (κ1) is 27.1. The van der Waals surface area contributed by atoms with Crippen LogP contribution in [0.2, 0.25) is 0 Å². The second kappa shape index (κ2) is 10.7. The molecule has 1 aromatic heterocycles. The Morgan fingerprint density at radius 3 is 1.62 bits per heavy atom. The zero-order chi connectivity index (χ0) is 31.4. The lowest BCUT2D eigenvalue weighted by molar-refractivity contribution is 0.103. The molecule has 2 aliphatic rings. The molecule has 1 spiro atoms. The van der Waals surface area contributed by atoms with Crippen LogP contribution in [0.4, 0.5) is 0 Å². The van der Waals surface area contributed by atoms with E-state index in [0.717, 1.165) is 56.0 Å². The van der Waals surface area contributed by atoms with Crippen LogP contribution in [0.15, 0.2) is 164 Å². The van der Waals surface area contributed by atoms with Gasteiger partial charge < -0.3 is 9.47 Å². The average molecular weight is 606 g/mol. The summed E-state index contributed by atoms with van der Waals surface area (Å²) in [6.07, 6.45) is 3.63. The maximum absolute atomic E-state index is 14.4. The number of pyridine rings is 1. The van der Waals surface area contributed by atoms with E-state index in [1.54, 1.807) is 6.20 Å². The molecule has 0 radical (unpaired) electrons. The molecule has 4 heteroatoms. The number of ketones is 1. The molecule has 7 aromatic rings. The van der Waals surface area contributed by atoms with Gasteiger partial charge in [0.1, 0.15) is 23.0 Å². The molecule has 0 saturated heterocycles. The smallest absolute Gasteiger partial charge is 0.193 e. The number of benzene rings is 6. The van der Waals surface area contributed by atoms with E-state index in [9.17, 15) is 4.79 Å². The lowest BCUT2D eigenvalue weighted by atomic mass is 9.62. The van der Waals surface area contributed by atoms with E-state index in [0.29, 0.717) is 22.6 Å². The normalized spacial score (nSPS) is 13.3. The van der Waals surface area contributed by atoms with Gasteiger partial charge in [0.15, 0.2) is 5.78 Å². The molecule has 0 saturated carbocycles. The molecule has 0 unspecified atom stereocenters. The number of rotatable bonds is 4. The van der Waals surface area contributed by atoms with Crippen LogP contribution >= 0.6 is 0 Å². The Balaban J connectivity index is 1.23. The first-order chi connectivity index (χ1) is 23.2. The van der Waals surface area contributed by atoms with Crippen LogP contribution in [-0.2, 0) is 5.41 Å². The Hall–Kier alpha value is -6.26. The maximum Gasteiger partial charge on any atom is 0.193 e. The number of fused-ring (bicyclic) bond motifs is 8. The van der Waals surface area contributed by atoms with Crippen LogP contribution in [-0.4, -0.2) is 10.8 Å². The van der Waals surface area contributed by atoms with Gasteiger partial charge in [0.2, 0.25) is 0 Å². The molecule has 222 valence electrons. The zero-order valence-electron chi connectivity index (χ0n) is 25.3. The minimum Gasteiger partial charge on any atom is -0.457 e. The number of nitrogens with zero attached hydrogens (tertiary/aromatic N) is 1. The van der Waals surface area contributed by atoms with Gasteiger partial charge in [-0.1, -0.05) is 109 Å². The van der Waals surface area contributed by atoms with Gasteiger partial charge in [-0.2, -0.15) is 0 Å². The summed E-state index contributed by atoms with van der Waals surface area (Å²) in [5, 5.41) is 0. The highest BCUT2D eigenvalue weighted by molar-refractivity contribution is 6.10. The van der Waals surface area contributed by atoms with Gasteiger partial charge in [0.25, 0.3) is 0 Å². The molecule has 9 rings (SSSR count). The number of para-hydroxylation sites is 2. The Kier molecular flexibility index (Phi) is 6.15. The van der Waals surface area contributed by atoms with E-state index in [4.69, 9.17) is 9.47 Å².